The van der Waals surface area contributed by atoms with E-state index in [1.807, 2.05) is 0 Å². The van der Waals surface area contributed by atoms with Gasteiger partial charge in [-0.1, -0.05) is 6.07 Å². The number of pyridine rings is 1. The summed E-state index contributed by atoms with van der Waals surface area (Å²) in [6.45, 7) is 5.67. The zero-order valence-electron chi connectivity index (χ0n) is 15.2. The molecule has 0 radical (unpaired) electrons. The Hall–Kier alpha value is -2.42. The quantitative estimate of drug-likeness (QED) is 0.885. The molecule has 9 heteroatoms. The van der Waals surface area contributed by atoms with Crippen LogP contribution in [0.2, 0.25) is 0 Å². The molecule has 6 nitrogen and oxygen atoms in total. The minimum atomic E-state index is -4.74. The Kier molecular flexibility index (Phi) is 5.50. The number of nitrogens with zero attached hydrogens (tertiary/aromatic N) is 4. The van der Waals surface area contributed by atoms with Crippen molar-refractivity contribution in [3.8, 4) is 5.82 Å². The topological polar surface area (TPSA) is 63.1 Å². The summed E-state index contributed by atoms with van der Waals surface area (Å²) < 4.78 is 41.6. The van der Waals surface area contributed by atoms with Crippen LogP contribution in [0.3, 0.4) is 0 Å². The van der Waals surface area contributed by atoms with E-state index in [1.165, 1.54) is 12.3 Å². The molecular weight excluding hydrogens is 359 g/mol. The highest BCUT2D eigenvalue weighted by Crippen LogP contribution is 2.33. The molecule has 1 unspecified atom stereocenters. The summed E-state index contributed by atoms with van der Waals surface area (Å²) in [4.78, 5) is 18.7. The van der Waals surface area contributed by atoms with Crippen LogP contribution in [-0.4, -0.2) is 50.7 Å². The van der Waals surface area contributed by atoms with E-state index in [0.717, 1.165) is 25.6 Å². The van der Waals surface area contributed by atoms with E-state index in [0.29, 0.717) is 17.3 Å². The fourth-order valence-corrected chi connectivity index (χ4v) is 3.30. The zero-order chi connectivity index (χ0) is 19.6. The Labute approximate surface area is 155 Å². The first kappa shape index (κ1) is 19.3. The first-order valence-corrected chi connectivity index (χ1v) is 8.89. The fraction of sp³-hybridized carbons (Fsp3) is 0.500. The lowest BCUT2D eigenvalue weighted by atomic mass is 10.0. The minimum absolute atomic E-state index is 0.00697. The van der Waals surface area contributed by atoms with Crippen molar-refractivity contribution < 1.29 is 18.0 Å². The number of halogens is 3. The molecule has 1 aliphatic rings. The number of piperidine rings is 1. The van der Waals surface area contributed by atoms with Gasteiger partial charge in [-0.15, -0.1) is 0 Å². The van der Waals surface area contributed by atoms with Crippen LogP contribution in [0.1, 0.15) is 42.7 Å². The third-order valence-electron chi connectivity index (χ3n) is 4.67. The van der Waals surface area contributed by atoms with Crippen LogP contribution in [0.15, 0.2) is 30.6 Å². The molecule has 3 heterocycles. The maximum atomic E-state index is 13.7. The Morgan fingerprint density at radius 1 is 1.33 bits per heavy atom. The van der Waals surface area contributed by atoms with Crippen LogP contribution in [0.4, 0.5) is 13.2 Å². The molecular formula is C18H22F3N5O. The number of rotatable bonds is 4. The molecule has 1 atom stereocenters. The maximum Gasteiger partial charge on any atom is 0.434 e. The smallest absolute Gasteiger partial charge is 0.348 e. The van der Waals surface area contributed by atoms with Gasteiger partial charge in [-0.2, -0.15) is 18.3 Å². The molecule has 0 aromatic carbocycles. The second kappa shape index (κ2) is 7.67. The van der Waals surface area contributed by atoms with Crippen LogP contribution in [0.5, 0.6) is 0 Å². The Bertz CT molecular complexity index is 788. The summed E-state index contributed by atoms with van der Waals surface area (Å²) in [5, 5.41) is 6.52. The van der Waals surface area contributed by atoms with Gasteiger partial charge in [0.15, 0.2) is 11.5 Å². The van der Waals surface area contributed by atoms with Gasteiger partial charge in [-0.25, -0.2) is 9.67 Å². The molecule has 3 rings (SSSR count). The highest BCUT2D eigenvalue weighted by molar-refractivity contribution is 5.95. The third-order valence-corrected chi connectivity index (χ3v) is 4.67. The second-order valence-corrected chi connectivity index (χ2v) is 6.91. The number of hydrogen-bond acceptors (Lipinski definition) is 4. The van der Waals surface area contributed by atoms with Crippen molar-refractivity contribution in [2.24, 2.45) is 0 Å². The van der Waals surface area contributed by atoms with Crippen molar-refractivity contribution in [1.82, 2.24) is 25.0 Å². The monoisotopic (exact) mass is 381 g/mol. The SMILES string of the molecule is CC(C)N1CCCC(NC(=O)c2cnn(-c3ccccn3)c2C(F)(F)F)C1. The first-order valence-electron chi connectivity index (χ1n) is 8.89. The van der Waals surface area contributed by atoms with E-state index in [2.05, 4.69) is 34.1 Å². The van der Waals surface area contributed by atoms with Gasteiger partial charge in [-0.05, 0) is 45.4 Å². The van der Waals surface area contributed by atoms with E-state index < -0.39 is 23.3 Å². The molecule has 2 aromatic heterocycles. The number of aromatic nitrogens is 3. The summed E-state index contributed by atoms with van der Waals surface area (Å²) >= 11 is 0. The van der Waals surface area contributed by atoms with Crippen LogP contribution in [0.25, 0.3) is 5.82 Å². The average Bonchev–Trinajstić information content (AvgIpc) is 3.08. The van der Waals surface area contributed by atoms with Crippen molar-refractivity contribution >= 4 is 5.91 Å². The second-order valence-electron chi connectivity index (χ2n) is 6.91. The molecule has 0 saturated carbocycles. The van der Waals surface area contributed by atoms with E-state index in [4.69, 9.17) is 0 Å². The number of carbonyl (C=O) groups is 1. The van der Waals surface area contributed by atoms with Crippen molar-refractivity contribution in [3.05, 3.63) is 41.9 Å². The summed E-state index contributed by atoms with van der Waals surface area (Å²) in [5.41, 5.74) is -1.61. The van der Waals surface area contributed by atoms with Crippen LogP contribution >= 0.6 is 0 Å². The predicted octanol–water partition coefficient (Wildman–Crippen LogP) is 2.89. The Morgan fingerprint density at radius 2 is 2.11 bits per heavy atom. The molecule has 2 aromatic rings. The van der Waals surface area contributed by atoms with E-state index in [9.17, 15) is 18.0 Å². The summed E-state index contributed by atoms with van der Waals surface area (Å²) in [7, 11) is 0. The Balaban J connectivity index is 1.86. The number of likely N-dealkylation sites (tertiary alicyclic amines) is 1. The number of alkyl halides is 3. The number of carbonyl (C=O) groups excluding carboxylic acids is 1. The molecule has 1 aliphatic heterocycles. The average molecular weight is 381 g/mol. The van der Waals surface area contributed by atoms with Crippen molar-refractivity contribution in [3.63, 3.8) is 0 Å². The third kappa shape index (κ3) is 4.29. The van der Waals surface area contributed by atoms with Crippen LogP contribution < -0.4 is 5.32 Å². The summed E-state index contributed by atoms with van der Waals surface area (Å²) in [6, 6.07) is 4.70. The van der Waals surface area contributed by atoms with Gasteiger partial charge >= 0.3 is 6.18 Å². The normalized spacial score (nSPS) is 18.7. The number of nitrogens with one attached hydrogen (secondary N) is 1. The van der Waals surface area contributed by atoms with Gasteiger partial charge in [-0.3, -0.25) is 9.69 Å². The molecule has 0 spiro atoms. The maximum absolute atomic E-state index is 13.7. The molecule has 146 valence electrons. The fourth-order valence-electron chi connectivity index (χ4n) is 3.30. The van der Waals surface area contributed by atoms with E-state index in [-0.39, 0.29) is 11.9 Å². The standard InChI is InChI=1S/C18H22F3N5O/c1-12(2)25-9-5-6-13(11-25)24-17(27)14-10-23-26(16(14)18(19,20)21)15-7-3-4-8-22-15/h3-4,7-8,10,12-13H,5-6,9,11H2,1-2H3,(H,24,27). The molecule has 1 amide bonds. The molecule has 1 N–H and O–H groups in total. The van der Waals surface area contributed by atoms with Crippen LogP contribution in [0, 0.1) is 0 Å². The lowest BCUT2D eigenvalue weighted by Crippen LogP contribution is -2.49. The summed E-state index contributed by atoms with van der Waals surface area (Å²) in [6.07, 6.45) is -0.778. The van der Waals surface area contributed by atoms with Crippen molar-refractivity contribution in [1.29, 1.82) is 0 Å². The zero-order valence-corrected chi connectivity index (χ0v) is 15.2. The van der Waals surface area contributed by atoms with Gasteiger partial charge < -0.3 is 5.32 Å². The lowest BCUT2D eigenvalue weighted by Gasteiger charge is -2.35. The van der Waals surface area contributed by atoms with Gasteiger partial charge in [0.25, 0.3) is 5.91 Å². The predicted molar refractivity (Wildman–Crippen MR) is 93.6 cm³/mol. The minimum Gasteiger partial charge on any atom is -0.348 e. The largest absolute Gasteiger partial charge is 0.434 e. The first-order chi connectivity index (χ1) is 12.8. The van der Waals surface area contributed by atoms with Gasteiger partial charge in [0.1, 0.15) is 0 Å². The van der Waals surface area contributed by atoms with Crippen molar-refractivity contribution in [2.45, 2.75) is 44.9 Å². The Morgan fingerprint density at radius 3 is 2.74 bits per heavy atom. The number of hydrogen-bond donors (Lipinski definition) is 1. The van der Waals surface area contributed by atoms with Crippen molar-refractivity contribution in [2.75, 3.05) is 13.1 Å². The number of amides is 1. The van der Waals surface area contributed by atoms with Gasteiger partial charge in [0.2, 0.25) is 0 Å². The highest BCUT2D eigenvalue weighted by atomic mass is 19.4. The molecule has 0 aliphatic carbocycles. The van der Waals surface area contributed by atoms with Gasteiger partial charge in [0.05, 0.1) is 11.8 Å². The van der Waals surface area contributed by atoms with E-state index >= 15 is 0 Å². The summed E-state index contributed by atoms with van der Waals surface area (Å²) in [5.74, 6) is -0.757. The van der Waals surface area contributed by atoms with Crippen LogP contribution in [-0.2, 0) is 6.18 Å². The molecule has 1 fully saturated rings. The lowest BCUT2D eigenvalue weighted by molar-refractivity contribution is -0.143. The molecule has 1 saturated heterocycles. The van der Waals surface area contributed by atoms with Gasteiger partial charge in [0, 0.05) is 24.8 Å². The molecule has 27 heavy (non-hydrogen) atoms. The van der Waals surface area contributed by atoms with E-state index in [1.54, 1.807) is 12.1 Å². The highest BCUT2D eigenvalue weighted by Gasteiger charge is 2.41. The molecule has 0 bridgehead atoms.